The predicted octanol–water partition coefficient (Wildman–Crippen LogP) is -1.87. The standard InChI is InChI=1S/C10H13Cl2NO5S.K/c1-13(19(15,16)17)5-9(14)6-18-10-3-7(11)2-8(12)4-10;/h2-4,9,14H,5-6H2,1H3,(H,15,16,17);/q;+1/p-1. The summed E-state index contributed by atoms with van der Waals surface area (Å²) < 4.78 is 37.5. The molecule has 1 atom stereocenters. The number of hydrogen-bond acceptors (Lipinski definition) is 5. The summed E-state index contributed by atoms with van der Waals surface area (Å²) in [6, 6.07) is 4.51. The molecule has 0 saturated heterocycles. The quantitative estimate of drug-likeness (QED) is 0.469. The van der Waals surface area contributed by atoms with Gasteiger partial charge in [-0.1, -0.05) is 23.2 Å². The Balaban J connectivity index is 0.00000361. The number of benzene rings is 1. The van der Waals surface area contributed by atoms with Crippen LogP contribution in [0.15, 0.2) is 18.2 Å². The second kappa shape index (κ2) is 9.26. The first-order chi connectivity index (χ1) is 8.68. The van der Waals surface area contributed by atoms with E-state index in [4.69, 9.17) is 27.9 Å². The molecule has 108 valence electrons. The van der Waals surface area contributed by atoms with Crippen molar-refractivity contribution in [2.45, 2.75) is 6.10 Å². The van der Waals surface area contributed by atoms with Crippen molar-refractivity contribution in [3.8, 4) is 5.75 Å². The maximum Gasteiger partial charge on any atom is 1.00 e. The van der Waals surface area contributed by atoms with Gasteiger partial charge >= 0.3 is 51.4 Å². The zero-order valence-corrected chi connectivity index (χ0v) is 16.4. The van der Waals surface area contributed by atoms with Gasteiger partial charge in [0, 0.05) is 23.6 Å². The normalized spacial score (nSPS) is 12.9. The Bertz CT molecular complexity index is 522. The van der Waals surface area contributed by atoms with Crippen LogP contribution < -0.4 is 56.1 Å². The summed E-state index contributed by atoms with van der Waals surface area (Å²) in [6.07, 6.45) is -1.15. The molecule has 0 amide bonds. The van der Waals surface area contributed by atoms with Gasteiger partial charge in [-0.25, -0.2) is 12.7 Å². The summed E-state index contributed by atoms with van der Waals surface area (Å²) in [5.74, 6) is 0.337. The molecule has 1 aromatic carbocycles. The van der Waals surface area contributed by atoms with E-state index in [9.17, 15) is 18.1 Å². The van der Waals surface area contributed by atoms with Crippen molar-refractivity contribution in [2.75, 3.05) is 20.2 Å². The molecule has 1 N–H and O–H groups in total. The van der Waals surface area contributed by atoms with Crippen LogP contribution in [-0.2, 0) is 10.3 Å². The van der Waals surface area contributed by atoms with Crippen LogP contribution in [0.2, 0.25) is 10.0 Å². The Morgan fingerprint density at radius 1 is 1.35 bits per heavy atom. The molecule has 0 aliphatic carbocycles. The summed E-state index contributed by atoms with van der Waals surface area (Å²) in [6.45, 7) is -0.559. The minimum atomic E-state index is -4.57. The van der Waals surface area contributed by atoms with Crippen LogP contribution in [0.25, 0.3) is 0 Å². The number of rotatable bonds is 6. The van der Waals surface area contributed by atoms with Gasteiger partial charge in [0.25, 0.3) is 0 Å². The van der Waals surface area contributed by atoms with Crippen molar-refractivity contribution < 1.29 is 74.2 Å². The molecule has 0 bridgehead atoms. The van der Waals surface area contributed by atoms with E-state index in [0.717, 1.165) is 7.05 Å². The number of ether oxygens (including phenoxy) is 1. The van der Waals surface area contributed by atoms with E-state index in [0.29, 0.717) is 20.1 Å². The first-order valence-corrected chi connectivity index (χ1v) is 7.24. The van der Waals surface area contributed by atoms with E-state index >= 15 is 0 Å². The van der Waals surface area contributed by atoms with Crippen molar-refractivity contribution in [2.24, 2.45) is 0 Å². The summed E-state index contributed by atoms with van der Waals surface area (Å²) >= 11 is 11.5. The summed E-state index contributed by atoms with van der Waals surface area (Å²) in [5, 5.41) is 10.3. The van der Waals surface area contributed by atoms with Crippen molar-refractivity contribution >= 4 is 33.5 Å². The summed E-state index contributed by atoms with van der Waals surface area (Å²) in [7, 11) is -3.50. The molecular weight excluding hydrogens is 356 g/mol. The number of nitrogens with zero attached hydrogens (tertiary/aromatic N) is 1. The molecule has 1 rings (SSSR count). The van der Waals surface area contributed by atoms with Crippen LogP contribution in [0.4, 0.5) is 0 Å². The fourth-order valence-corrected chi connectivity index (χ4v) is 2.11. The molecule has 0 aliphatic heterocycles. The third-order valence-electron chi connectivity index (χ3n) is 2.13. The number of halogens is 2. The largest absolute Gasteiger partial charge is 1.00 e. The van der Waals surface area contributed by atoms with Crippen LogP contribution in [0.3, 0.4) is 0 Å². The Morgan fingerprint density at radius 3 is 2.30 bits per heavy atom. The maximum absolute atomic E-state index is 10.6. The van der Waals surface area contributed by atoms with Gasteiger partial charge in [0.2, 0.25) is 0 Å². The van der Waals surface area contributed by atoms with Gasteiger partial charge in [0.1, 0.15) is 18.5 Å². The minimum Gasteiger partial charge on any atom is -0.735 e. The molecule has 0 spiro atoms. The Kier molecular flexibility index (Phi) is 9.75. The SMILES string of the molecule is CN(CC(O)COc1cc(Cl)cc(Cl)c1)S(=O)(=O)[O-].[K+]. The number of hydrogen-bond donors (Lipinski definition) is 1. The van der Waals surface area contributed by atoms with E-state index in [1.807, 2.05) is 0 Å². The Morgan fingerprint density at radius 2 is 1.85 bits per heavy atom. The van der Waals surface area contributed by atoms with Crippen LogP contribution >= 0.6 is 23.2 Å². The van der Waals surface area contributed by atoms with Crippen molar-refractivity contribution in [3.63, 3.8) is 0 Å². The average Bonchev–Trinajstić information content (AvgIpc) is 2.23. The number of aliphatic hydroxyl groups excluding tert-OH is 1. The van der Waals surface area contributed by atoms with Crippen LogP contribution in [0, 0.1) is 0 Å². The second-order valence-electron chi connectivity index (χ2n) is 3.81. The molecule has 1 unspecified atom stereocenters. The third kappa shape index (κ3) is 7.90. The van der Waals surface area contributed by atoms with Crippen molar-refractivity contribution in [3.05, 3.63) is 28.2 Å². The van der Waals surface area contributed by atoms with E-state index in [1.165, 1.54) is 18.2 Å². The van der Waals surface area contributed by atoms with Gasteiger partial charge in [0.05, 0.1) is 0 Å². The maximum atomic E-state index is 10.6. The van der Waals surface area contributed by atoms with Crippen LogP contribution in [0.1, 0.15) is 0 Å². The molecule has 10 heteroatoms. The third-order valence-corrected chi connectivity index (χ3v) is 3.48. The summed E-state index contributed by atoms with van der Waals surface area (Å²) in [4.78, 5) is 0. The van der Waals surface area contributed by atoms with E-state index in [1.54, 1.807) is 0 Å². The zero-order valence-electron chi connectivity index (χ0n) is 10.9. The number of likely N-dealkylation sites (N-methyl/N-ethyl adjacent to an activating group) is 1. The van der Waals surface area contributed by atoms with Crippen LogP contribution in [-0.4, -0.2) is 48.7 Å². The van der Waals surface area contributed by atoms with Crippen LogP contribution in [0.5, 0.6) is 5.75 Å². The fourth-order valence-electron chi connectivity index (χ4n) is 1.25. The molecule has 1 aromatic rings. The van der Waals surface area contributed by atoms with Gasteiger partial charge < -0.3 is 14.4 Å². The van der Waals surface area contributed by atoms with Gasteiger partial charge in [-0.05, 0) is 18.2 Å². The minimum absolute atomic E-state index is 0. The van der Waals surface area contributed by atoms with E-state index in [2.05, 4.69) is 0 Å². The Labute approximate surface area is 170 Å². The number of aliphatic hydroxyl groups is 1. The molecule has 0 heterocycles. The molecule has 0 saturated carbocycles. The molecule has 20 heavy (non-hydrogen) atoms. The smallest absolute Gasteiger partial charge is 0.735 e. The van der Waals surface area contributed by atoms with Gasteiger partial charge in [-0.2, -0.15) is 0 Å². The van der Waals surface area contributed by atoms with Gasteiger partial charge in [-0.15, -0.1) is 0 Å². The monoisotopic (exact) mass is 367 g/mol. The van der Waals surface area contributed by atoms with E-state index in [-0.39, 0.29) is 64.5 Å². The fraction of sp³-hybridized carbons (Fsp3) is 0.400. The van der Waals surface area contributed by atoms with Crippen molar-refractivity contribution in [1.29, 1.82) is 0 Å². The predicted molar refractivity (Wildman–Crippen MR) is 70.3 cm³/mol. The van der Waals surface area contributed by atoms with Gasteiger partial charge in [0.15, 0.2) is 10.3 Å². The summed E-state index contributed by atoms with van der Waals surface area (Å²) in [5.41, 5.74) is 0. The molecule has 0 radical (unpaired) electrons. The molecule has 0 aliphatic rings. The zero-order chi connectivity index (χ0) is 14.6. The average molecular weight is 368 g/mol. The molecular formula is C10H12Cl2KNO5S. The van der Waals surface area contributed by atoms with E-state index < -0.39 is 16.4 Å². The second-order valence-corrected chi connectivity index (χ2v) is 6.16. The first-order valence-electron chi connectivity index (χ1n) is 5.12. The molecule has 0 aromatic heterocycles. The Hall–Kier alpha value is 1.07. The topological polar surface area (TPSA) is 89.9 Å². The first kappa shape index (κ1) is 21.1. The van der Waals surface area contributed by atoms with Crippen molar-refractivity contribution in [1.82, 2.24) is 4.31 Å². The molecule has 6 nitrogen and oxygen atoms in total. The molecule has 0 fully saturated rings. The van der Waals surface area contributed by atoms with Gasteiger partial charge in [-0.3, -0.25) is 0 Å².